The zero-order valence-corrected chi connectivity index (χ0v) is 14.0. The lowest BCUT2D eigenvalue weighted by molar-refractivity contribution is 0.0954. The molecule has 0 aliphatic rings. The van der Waals surface area contributed by atoms with Crippen molar-refractivity contribution >= 4 is 23.7 Å². The fourth-order valence-electron chi connectivity index (χ4n) is 2.11. The van der Waals surface area contributed by atoms with Gasteiger partial charge in [-0.05, 0) is 42.5 Å². The molecule has 0 fully saturated rings. The number of nitrogens with zero attached hydrogens (tertiary/aromatic N) is 2. The lowest BCUT2D eigenvalue weighted by atomic mass is 10.2. The Balaban J connectivity index is 1.67. The Hall–Kier alpha value is -3.12. The maximum atomic E-state index is 11.8. The quantitative estimate of drug-likeness (QED) is 0.558. The summed E-state index contributed by atoms with van der Waals surface area (Å²) >= 11 is 6.12. The monoisotopic (exact) mass is 355 g/mol. The van der Waals surface area contributed by atoms with Crippen LogP contribution in [0.1, 0.15) is 16.1 Å². The van der Waals surface area contributed by atoms with E-state index >= 15 is 0 Å². The van der Waals surface area contributed by atoms with Crippen molar-refractivity contribution in [3.8, 4) is 17.1 Å². The second-order valence-corrected chi connectivity index (χ2v) is 5.40. The molecule has 3 aromatic rings. The van der Waals surface area contributed by atoms with E-state index in [1.807, 2.05) is 6.07 Å². The van der Waals surface area contributed by atoms with Gasteiger partial charge in [0.25, 0.3) is 5.91 Å². The van der Waals surface area contributed by atoms with Crippen molar-refractivity contribution in [2.24, 2.45) is 5.10 Å². The molecule has 0 atom stereocenters. The predicted molar refractivity (Wildman–Crippen MR) is 95.0 cm³/mol. The average Bonchev–Trinajstić information content (AvgIpc) is 3.11. The van der Waals surface area contributed by atoms with Crippen LogP contribution in [0.4, 0.5) is 0 Å². The molecule has 1 aromatic carbocycles. The summed E-state index contributed by atoms with van der Waals surface area (Å²) in [6, 6.07) is 12.2. The number of halogens is 1. The fourth-order valence-corrected chi connectivity index (χ4v) is 2.37. The Morgan fingerprint density at radius 2 is 2.20 bits per heavy atom. The van der Waals surface area contributed by atoms with Gasteiger partial charge in [-0.25, -0.2) is 5.43 Å². The summed E-state index contributed by atoms with van der Waals surface area (Å²) in [6.07, 6.45) is 4.47. The van der Waals surface area contributed by atoms with Crippen LogP contribution in [0.3, 0.4) is 0 Å². The molecule has 0 aliphatic carbocycles. The summed E-state index contributed by atoms with van der Waals surface area (Å²) in [4.78, 5) is 15.7. The van der Waals surface area contributed by atoms with E-state index in [2.05, 4.69) is 15.5 Å². The molecule has 3 rings (SSSR count). The van der Waals surface area contributed by atoms with Crippen LogP contribution >= 0.6 is 11.6 Å². The number of hydrogen-bond acceptors (Lipinski definition) is 5. The Bertz CT molecular complexity index is 907. The molecule has 1 N–H and O–H groups in total. The molecular formula is C18H14ClN3O3. The lowest BCUT2D eigenvalue weighted by Gasteiger charge is -2.04. The number of benzene rings is 1. The third kappa shape index (κ3) is 4.05. The molecule has 25 heavy (non-hydrogen) atoms. The van der Waals surface area contributed by atoms with E-state index in [0.717, 1.165) is 5.56 Å². The largest absolute Gasteiger partial charge is 0.495 e. The van der Waals surface area contributed by atoms with Crippen LogP contribution in [-0.2, 0) is 0 Å². The van der Waals surface area contributed by atoms with Crippen LogP contribution in [0, 0.1) is 0 Å². The van der Waals surface area contributed by atoms with Gasteiger partial charge in [0, 0.05) is 18.0 Å². The van der Waals surface area contributed by atoms with Crippen molar-refractivity contribution < 1.29 is 13.9 Å². The average molecular weight is 356 g/mol. The first-order valence-electron chi connectivity index (χ1n) is 7.34. The summed E-state index contributed by atoms with van der Waals surface area (Å²) in [5, 5.41) is 4.37. The van der Waals surface area contributed by atoms with E-state index in [-0.39, 0.29) is 5.91 Å². The molecule has 1 amide bonds. The summed E-state index contributed by atoms with van der Waals surface area (Å²) < 4.78 is 10.8. The molecule has 7 heteroatoms. The zero-order valence-electron chi connectivity index (χ0n) is 13.3. The highest BCUT2D eigenvalue weighted by molar-refractivity contribution is 6.32. The van der Waals surface area contributed by atoms with Crippen LogP contribution in [0.5, 0.6) is 5.75 Å². The fraction of sp³-hybridized carbons (Fsp3) is 0.0556. The van der Waals surface area contributed by atoms with Crippen LogP contribution in [-0.4, -0.2) is 24.2 Å². The van der Waals surface area contributed by atoms with Gasteiger partial charge in [-0.2, -0.15) is 5.10 Å². The number of nitrogens with one attached hydrogen (secondary N) is 1. The van der Waals surface area contributed by atoms with Crippen molar-refractivity contribution in [1.82, 2.24) is 10.4 Å². The van der Waals surface area contributed by atoms with Gasteiger partial charge in [0.1, 0.15) is 17.3 Å². The Morgan fingerprint density at radius 1 is 1.32 bits per heavy atom. The van der Waals surface area contributed by atoms with Crippen LogP contribution in [0.15, 0.2) is 64.4 Å². The molecule has 6 nitrogen and oxygen atoms in total. The maximum Gasteiger partial charge on any atom is 0.272 e. The number of pyridine rings is 1. The highest BCUT2D eigenvalue weighted by Gasteiger charge is 2.08. The van der Waals surface area contributed by atoms with Crippen molar-refractivity contribution in [2.45, 2.75) is 0 Å². The minimum absolute atomic E-state index is 0.349. The number of carbonyl (C=O) groups excluding carboxylic acids is 1. The summed E-state index contributed by atoms with van der Waals surface area (Å²) in [5.41, 5.74) is 3.65. The first-order chi connectivity index (χ1) is 12.2. The number of hydrazone groups is 1. The van der Waals surface area contributed by atoms with Gasteiger partial charge in [0.05, 0.1) is 23.9 Å². The second-order valence-electron chi connectivity index (χ2n) is 4.99. The molecular weight excluding hydrogens is 342 g/mol. The maximum absolute atomic E-state index is 11.8. The first-order valence-corrected chi connectivity index (χ1v) is 7.72. The molecule has 0 unspecified atom stereocenters. The summed E-state index contributed by atoms with van der Waals surface area (Å²) in [7, 11) is 1.56. The molecule has 0 saturated heterocycles. The number of aromatic nitrogens is 1. The van der Waals surface area contributed by atoms with Gasteiger partial charge in [-0.1, -0.05) is 11.6 Å². The van der Waals surface area contributed by atoms with Crippen molar-refractivity contribution in [1.29, 1.82) is 0 Å². The molecule has 0 saturated carbocycles. The van der Waals surface area contributed by atoms with Crippen molar-refractivity contribution in [3.63, 3.8) is 0 Å². The van der Waals surface area contributed by atoms with Crippen molar-refractivity contribution in [3.05, 3.63) is 71.2 Å². The van der Waals surface area contributed by atoms with E-state index in [1.165, 1.54) is 12.4 Å². The van der Waals surface area contributed by atoms with Gasteiger partial charge < -0.3 is 9.15 Å². The number of carbonyl (C=O) groups is 1. The molecule has 0 spiro atoms. The van der Waals surface area contributed by atoms with Crippen LogP contribution in [0.25, 0.3) is 11.3 Å². The minimum Gasteiger partial charge on any atom is -0.495 e. The molecule has 0 aliphatic heterocycles. The minimum atomic E-state index is -0.349. The molecule has 2 aromatic heterocycles. The standard InChI is InChI=1S/C18H14ClN3O3/c1-24-17-6-4-12(9-15(17)19)16-7-5-14(25-16)11-21-22-18(23)13-3-2-8-20-10-13/h2-11H,1H3,(H,22,23). The molecule has 0 radical (unpaired) electrons. The van der Waals surface area contributed by atoms with Crippen molar-refractivity contribution in [2.75, 3.05) is 7.11 Å². The number of amides is 1. The van der Waals surface area contributed by atoms with E-state index in [1.54, 1.807) is 49.7 Å². The van der Waals surface area contributed by atoms with Gasteiger partial charge >= 0.3 is 0 Å². The number of ether oxygens (including phenoxy) is 1. The second kappa shape index (κ2) is 7.63. The number of rotatable bonds is 5. The Morgan fingerprint density at radius 3 is 2.92 bits per heavy atom. The first kappa shape index (κ1) is 16.7. The molecule has 0 bridgehead atoms. The molecule has 2 heterocycles. The normalized spacial score (nSPS) is 10.8. The number of methoxy groups -OCH3 is 1. The van der Waals surface area contributed by atoms with E-state index in [0.29, 0.717) is 27.9 Å². The SMILES string of the molecule is COc1ccc(-c2ccc(C=NNC(=O)c3cccnc3)o2)cc1Cl. The highest BCUT2D eigenvalue weighted by Crippen LogP contribution is 2.30. The van der Waals surface area contributed by atoms with Gasteiger partial charge in [0.15, 0.2) is 0 Å². The van der Waals surface area contributed by atoms with Gasteiger partial charge in [0.2, 0.25) is 0 Å². The smallest absolute Gasteiger partial charge is 0.272 e. The summed E-state index contributed by atoms with van der Waals surface area (Å²) in [5.74, 6) is 1.37. The van der Waals surface area contributed by atoms with Crippen LogP contribution in [0.2, 0.25) is 5.02 Å². The van der Waals surface area contributed by atoms with Crippen LogP contribution < -0.4 is 10.2 Å². The van der Waals surface area contributed by atoms with E-state index < -0.39 is 0 Å². The topological polar surface area (TPSA) is 76.7 Å². The van der Waals surface area contributed by atoms with Gasteiger partial charge in [-0.15, -0.1) is 0 Å². The highest BCUT2D eigenvalue weighted by atomic mass is 35.5. The third-order valence-electron chi connectivity index (χ3n) is 3.34. The van der Waals surface area contributed by atoms with Gasteiger partial charge in [-0.3, -0.25) is 9.78 Å². The third-order valence-corrected chi connectivity index (χ3v) is 3.64. The number of furan rings is 1. The lowest BCUT2D eigenvalue weighted by Crippen LogP contribution is -2.17. The Labute approximate surface area is 149 Å². The number of hydrogen-bond donors (Lipinski definition) is 1. The zero-order chi connectivity index (χ0) is 17.6. The van der Waals surface area contributed by atoms with E-state index in [4.69, 9.17) is 20.8 Å². The summed E-state index contributed by atoms with van der Waals surface area (Å²) in [6.45, 7) is 0. The molecule has 126 valence electrons. The Kier molecular flexibility index (Phi) is 5.11. The predicted octanol–water partition coefficient (Wildman–Crippen LogP) is 3.77. The van der Waals surface area contributed by atoms with E-state index in [9.17, 15) is 4.79 Å².